The number of carbonyl (C=O) groups excluding carboxylic acids is 1. The van der Waals surface area contributed by atoms with Crippen LogP contribution < -0.4 is 10.1 Å². The van der Waals surface area contributed by atoms with Crippen molar-refractivity contribution in [1.29, 1.82) is 0 Å². The molecule has 1 aromatic heterocycles. The number of benzene rings is 2. The van der Waals surface area contributed by atoms with Gasteiger partial charge in [0.25, 0.3) is 5.89 Å². The molecule has 0 radical (unpaired) electrons. The van der Waals surface area contributed by atoms with Crippen molar-refractivity contribution >= 4 is 11.6 Å². The number of aryl methyl sites for hydroxylation is 1. The minimum Gasteiger partial charge on any atom is -0.497 e. The van der Waals surface area contributed by atoms with Crippen molar-refractivity contribution in [1.82, 2.24) is 20.4 Å². The Labute approximate surface area is 194 Å². The molecule has 0 aliphatic carbocycles. The maximum absolute atomic E-state index is 13.0. The van der Waals surface area contributed by atoms with Crippen LogP contribution in [0.5, 0.6) is 5.75 Å². The fourth-order valence-electron chi connectivity index (χ4n) is 4.05. The zero-order valence-electron chi connectivity index (χ0n) is 19.8. The molecule has 1 unspecified atom stereocenters. The van der Waals surface area contributed by atoms with Gasteiger partial charge in [0.15, 0.2) is 0 Å². The number of rotatable bonds is 7. The molecule has 0 spiro atoms. The molecule has 2 aromatic carbocycles. The van der Waals surface area contributed by atoms with E-state index in [-0.39, 0.29) is 12.1 Å². The van der Waals surface area contributed by atoms with Gasteiger partial charge in [-0.3, -0.25) is 4.90 Å². The number of amides is 2. The first-order valence-electron chi connectivity index (χ1n) is 11.3. The van der Waals surface area contributed by atoms with Crippen LogP contribution in [0.3, 0.4) is 0 Å². The second-order valence-electron chi connectivity index (χ2n) is 8.64. The van der Waals surface area contributed by atoms with E-state index in [0.717, 1.165) is 34.6 Å². The normalized spacial score (nSPS) is 16.4. The van der Waals surface area contributed by atoms with Crippen LogP contribution in [0, 0.1) is 5.92 Å². The van der Waals surface area contributed by atoms with Gasteiger partial charge in [0, 0.05) is 17.8 Å². The maximum atomic E-state index is 13.0. The summed E-state index contributed by atoms with van der Waals surface area (Å²) in [6.45, 7) is 8.83. The lowest BCUT2D eigenvalue weighted by atomic mass is 9.93. The van der Waals surface area contributed by atoms with Crippen molar-refractivity contribution in [3.8, 4) is 17.1 Å². The molecule has 1 atom stereocenters. The summed E-state index contributed by atoms with van der Waals surface area (Å²) >= 11 is 0. The molecular formula is C26H30N4O3. The summed E-state index contributed by atoms with van der Waals surface area (Å²) < 4.78 is 11.1. The van der Waals surface area contributed by atoms with Gasteiger partial charge in [-0.25, -0.2) is 4.79 Å². The van der Waals surface area contributed by atoms with Crippen LogP contribution in [0.4, 0.5) is 4.79 Å². The summed E-state index contributed by atoms with van der Waals surface area (Å²) in [6, 6.07) is 15.3. The number of ether oxygens (including phenoxy) is 1. The van der Waals surface area contributed by atoms with E-state index in [0.29, 0.717) is 24.2 Å². The molecule has 7 heteroatoms. The van der Waals surface area contributed by atoms with Crippen molar-refractivity contribution < 1.29 is 14.1 Å². The molecule has 0 bridgehead atoms. The Kier molecular flexibility index (Phi) is 6.49. The molecule has 2 amide bonds. The van der Waals surface area contributed by atoms with E-state index >= 15 is 0 Å². The molecule has 1 aliphatic rings. The summed E-state index contributed by atoms with van der Waals surface area (Å²) in [4.78, 5) is 19.5. The Hall–Kier alpha value is -3.61. The average molecular weight is 447 g/mol. The van der Waals surface area contributed by atoms with Gasteiger partial charge in [0.05, 0.1) is 18.7 Å². The molecule has 0 fully saturated rings. The molecular weight excluding hydrogens is 416 g/mol. The maximum Gasteiger partial charge on any atom is 0.322 e. The third-order valence-electron chi connectivity index (χ3n) is 5.85. The number of hydrogen-bond acceptors (Lipinski definition) is 5. The quantitative estimate of drug-likeness (QED) is 0.521. The summed E-state index contributed by atoms with van der Waals surface area (Å²) in [5.74, 6) is 1.89. The van der Waals surface area contributed by atoms with Crippen molar-refractivity contribution in [3.63, 3.8) is 0 Å². The third kappa shape index (κ3) is 4.62. The van der Waals surface area contributed by atoms with Crippen LogP contribution in [0.15, 0.2) is 58.8 Å². The molecule has 7 nitrogen and oxygen atoms in total. The highest BCUT2D eigenvalue weighted by molar-refractivity contribution is 5.86. The van der Waals surface area contributed by atoms with Gasteiger partial charge in [-0.2, -0.15) is 4.98 Å². The Morgan fingerprint density at radius 2 is 1.94 bits per heavy atom. The van der Waals surface area contributed by atoms with Gasteiger partial charge >= 0.3 is 6.03 Å². The van der Waals surface area contributed by atoms with Crippen LogP contribution in [0.1, 0.15) is 50.8 Å². The molecule has 0 saturated heterocycles. The highest BCUT2D eigenvalue weighted by Crippen LogP contribution is 2.37. The number of urea groups is 1. The zero-order valence-corrected chi connectivity index (χ0v) is 19.8. The van der Waals surface area contributed by atoms with E-state index < -0.39 is 0 Å². The van der Waals surface area contributed by atoms with Crippen molar-refractivity contribution in [2.75, 3.05) is 13.7 Å². The van der Waals surface area contributed by atoms with Crippen LogP contribution in [0.25, 0.3) is 17.0 Å². The molecule has 2 heterocycles. The van der Waals surface area contributed by atoms with Gasteiger partial charge in [-0.1, -0.05) is 62.3 Å². The number of allylic oxidation sites excluding steroid dienone is 1. The highest BCUT2D eigenvalue weighted by Gasteiger charge is 2.35. The van der Waals surface area contributed by atoms with Crippen LogP contribution >= 0.6 is 0 Å². The molecule has 172 valence electrons. The number of nitrogens with one attached hydrogen (secondary N) is 1. The Balaban J connectivity index is 1.79. The Morgan fingerprint density at radius 1 is 1.18 bits per heavy atom. The number of hydrogen-bond donors (Lipinski definition) is 1. The van der Waals surface area contributed by atoms with E-state index in [2.05, 4.69) is 55.5 Å². The predicted molar refractivity (Wildman–Crippen MR) is 128 cm³/mol. The number of aromatic nitrogens is 2. The molecule has 4 rings (SSSR count). The van der Waals surface area contributed by atoms with Gasteiger partial charge in [-0.05, 0) is 42.5 Å². The van der Waals surface area contributed by atoms with E-state index in [1.807, 2.05) is 31.2 Å². The van der Waals surface area contributed by atoms with Crippen LogP contribution in [-0.4, -0.2) is 34.7 Å². The minimum absolute atomic E-state index is 0.123. The van der Waals surface area contributed by atoms with Crippen LogP contribution in [-0.2, 0) is 6.42 Å². The average Bonchev–Trinajstić information content (AvgIpc) is 3.31. The second kappa shape index (κ2) is 9.48. The first kappa shape index (κ1) is 22.6. The molecule has 1 aliphatic heterocycles. The summed E-state index contributed by atoms with van der Waals surface area (Å²) in [6.07, 6.45) is 0.953. The number of carbonyl (C=O) groups is 1. The van der Waals surface area contributed by atoms with E-state index in [1.165, 1.54) is 5.56 Å². The smallest absolute Gasteiger partial charge is 0.322 e. The molecule has 1 N–H and O–H groups in total. The van der Waals surface area contributed by atoms with Gasteiger partial charge < -0.3 is 14.6 Å². The topological polar surface area (TPSA) is 80.5 Å². The van der Waals surface area contributed by atoms with Gasteiger partial charge in [-0.15, -0.1) is 0 Å². The van der Waals surface area contributed by atoms with Crippen LogP contribution in [0.2, 0.25) is 0 Å². The van der Waals surface area contributed by atoms with Crippen molar-refractivity contribution in [2.24, 2.45) is 5.92 Å². The van der Waals surface area contributed by atoms with Gasteiger partial charge in [0.1, 0.15) is 5.75 Å². The third-order valence-corrected chi connectivity index (χ3v) is 5.85. The Morgan fingerprint density at radius 3 is 2.61 bits per heavy atom. The first-order valence-corrected chi connectivity index (χ1v) is 11.3. The standard InChI is InChI=1S/C26H30N4O3/c1-6-18-10-12-19(13-11-18)23-22(17(4)30(15-16(2)3)26(31)27-23)25-28-24(29-33-25)20-8-7-9-21(14-20)32-5/h7-14,16,23H,6,15H2,1-5H3,(H,27,31). The lowest BCUT2D eigenvalue weighted by Crippen LogP contribution is -2.47. The summed E-state index contributed by atoms with van der Waals surface area (Å²) in [5, 5.41) is 7.38. The minimum atomic E-state index is -0.384. The Bertz CT molecular complexity index is 1160. The summed E-state index contributed by atoms with van der Waals surface area (Å²) in [5.41, 5.74) is 4.63. The first-order chi connectivity index (χ1) is 15.9. The largest absolute Gasteiger partial charge is 0.497 e. The fourth-order valence-corrected chi connectivity index (χ4v) is 4.05. The van der Waals surface area contributed by atoms with E-state index in [1.54, 1.807) is 12.0 Å². The lowest BCUT2D eigenvalue weighted by molar-refractivity contribution is 0.199. The monoisotopic (exact) mass is 446 g/mol. The second-order valence-corrected chi connectivity index (χ2v) is 8.64. The molecule has 0 saturated carbocycles. The van der Waals surface area contributed by atoms with Gasteiger partial charge in [0.2, 0.25) is 5.82 Å². The van der Waals surface area contributed by atoms with E-state index in [9.17, 15) is 4.79 Å². The predicted octanol–water partition coefficient (Wildman–Crippen LogP) is 5.46. The van der Waals surface area contributed by atoms with Crippen molar-refractivity contribution in [2.45, 2.75) is 40.2 Å². The summed E-state index contributed by atoms with van der Waals surface area (Å²) in [7, 11) is 1.62. The fraction of sp³-hybridized carbons (Fsp3) is 0.346. The number of methoxy groups -OCH3 is 1. The SMILES string of the molecule is CCc1ccc(C2NC(=O)N(CC(C)C)C(C)=C2c2nc(-c3cccc(OC)c3)no2)cc1. The lowest BCUT2D eigenvalue weighted by Gasteiger charge is -2.36. The van der Waals surface area contributed by atoms with E-state index in [4.69, 9.17) is 14.2 Å². The highest BCUT2D eigenvalue weighted by atomic mass is 16.5. The molecule has 3 aromatic rings. The zero-order chi connectivity index (χ0) is 23.5. The number of nitrogens with zero attached hydrogens (tertiary/aromatic N) is 3. The van der Waals surface area contributed by atoms with Crippen molar-refractivity contribution in [3.05, 3.63) is 71.2 Å². The molecule has 33 heavy (non-hydrogen) atoms.